The van der Waals surface area contributed by atoms with Crippen molar-refractivity contribution < 1.29 is 14.1 Å². The maximum absolute atomic E-state index is 12.7. The molecule has 1 amide bonds. The predicted molar refractivity (Wildman–Crippen MR) is 90.2 cm³/mol. The van der Waals surface area contributed by atoms with E-state index in [0.29, 0.717) is 18.7 Å². The molecule has 0 radical (unpaired) electrons. The molecule has 3 rings (SSSR count). The number of carbonyl (C=O) groups is 1. The highest BCUT2D eigenvalue weighted by atomic mass is 16.5. The molecule has 0 N–H and O–H groups in total. The van der Waals surface area contributed by atoms with Gasteiger partial charge in [-0.25, -0.2) is 0 Å². The summed E-state index contributed by atoms with van der Waals surface area (Å²) in [5.74, 6) is 1.64. The first-order chi connectivity index (χ1) is 11.6. The molecule has 2 aromatic rings. The zero-order valence-electron chi connectivity index (χ0n) is 14.4. The van der Waals surface area contributed by atoms with Crippen molar-refractivity contribution in [2.24, 2.45) is 0 Å². The maximum atomic E-state index is 12.7. The predicted octanol–water partition coefficient (Wildman–Crippen LogP) is 2.26. The lowest BCUT2D eigenvalue weighted by atomic mass is 10.1. The summed E-state index contributed by atoms with van der Waals surface area (Å²) in [5, 5.41) is 4.03. The normalized spacial score (nSPS) is 15.5. The van der Waals surface area contributed by atoms with Crippen molar-refractivity contribution in [3.63, 3.8) is 0 Å². The number of aryl methyl sites for hydroxylation is 2. The minimum atomic E-state index is 0.0604. The Kier molecular flexibility index (Phi) is 4.85. The Bertz CT molecular complexity index is 718. The second kappa shape index (κ2) is 7.05. The number of benzene rings is 1. The first kappa shape index (κ1) is 16.5. The molecule has 6 nitrogen and oxygen atoms in total. The standard InChI is InChI=1S/C18H23N3O3/c1-13-4-5-15(11-17(13)23-3)18(22)21-8-6-20(7-9-21)12-16-10-14(2)24-19-16/h4-5,10-11H,6-9,12H2,1-3H3. The molecule has 0 aliphatic carbocycles. The highest BCUT2D eigenvalue weighted by Crippen LogP contribution is 2.20. The van der Waals surface area contributed by atoms with Crippen molar-refractivity contribution in [3.05, 3.63) is 46.8 Å². The SMILES string of the molecule is COc1cc(C(=O)N2CCN(Cc3cc(C)on3)CC2)ccc1C. The summed E-state index contributed by atoms with van der Waals surface area (Å²) in [6.45, 7) is 7.72. The molecule has 1 aliphatic rings. The van der Waals surface area contributed by atoms with Gasteiger partial charge in [-0.3, -0.25) is 9.69 Å². The van der Waals surface area contributed by atoms with Crippen molar-refractivity contribution in [2.75, 3.05) is 33.3 Å². The van der Waals surface area contributed by atoms with Crippen molar-refractivity contribution in [3.8, 4) is 5.75 Å². The first-order valence-electron chi connectivity index (χ1n) is 8.15. The molecule has 128 valence electrons. The summed E-state index contributed by atoms with van der Waals surface area (Å²) in [4.78, 5) is 16.9. The van der Waals surface area contributed by atoms with E-state index in [9.17, 15) is 4.79 Å². The van der Waals surface area contributed by atoms with E-state index < -0.39 is 0 Å². The Morgan fingerprint density at radius 1 is 1.21 bits per heavy atom. The minimum absolute atomic E-state index is 0.0604. The molecule has 1 aliphatic heterocycles. The van der Waals surface area contributed by atoms with Crippen LogP contribution in [-0.4, -0.2) is 54.2 Å². The van der Waals surface area contributed by atoms with Crippen LogP contribution in [0, 0.1) is 13.8 Å². The van der Waals surface area contributed by atoms with E-state index in [1.54, 1.807) is 7.11 Å². The van der Waals surface area contributed by atoms with Crippen LogP contribution in [0.3, 0.4) is 0 Å². The van der Waals surface area contributed by atoms with Crippen molar-refractivity contribution >= 4 is 5.91 Å². The van der Waals surface area contributed by atoms with Gasteiger partial charge in [0.2, 0.25) is 0 Å². The van der Waals surface area contributed by atoms with Crippen molar-refractivity contribution in [2.45, 2.75) is 20.4 Å². The molecule has 2 heterocycles. The van der Waals surface area contributed by atoms with Crippen LogP contribution in [0.1, 0.15) is 27.4 Å². The summed E-state index contributed by atoms with van der Waals surface area (Å²) in [6, 6.07) is 7.57. The third-order valence-corrected chi connectivity index (χ3v) is 4.38. The zero-order valence-corrected chi connectivity index (χ0v) is 14.4. The molecule has 0 bridgehead atoms. The second-order valence-corrected chi connectivity index (χ2v) is 6.18. The number of piperazine rings is 1. The molecule has 0 saturated carbocycles. The first-order valence-corrected chi connectivity index (χ1v) is 8.15. The Morgan fingerprint density at radius 2 is 1.96 bits per heavy atom. The van der Waals surface area contributed by atoms with Gasteiger partial charge in [-0.15, -0.1) is 0 Å². The lowest BCUT2D eigenvalue weighted by molar-refractivity contribution is 0.0625. The molecular formula is C18H23N3O3. The molecule has 1 fully saturated rings. The smallest absolute Gasteiger partial charge is 0.254 e. The average molecular weight is 329 g/mol. The molecule has 0 unspecified atom stereocenters. The Hall–Kier alpha value is -2.34. The zero-order chi connectivity index (χ0) is 17.1. The maximum Gasteiger partial charge on any atom is 0.254 e. The van der Waals surface area contributed by atoms with Crippen LogP contribution in [0.25, 0.3) is 0 Å². The van der Waals surface area contributed by atoms with Gasteiger partial charge in [-0.2, -0.15) is 0 Å². The average Bonchev–Trinajstić information content (AvgIpc) is 3.00. The van der Waals surface area contributed by atoms with Crippen LogP contribution in [0.2, 0.25) is 0 Å². The van der Waals surface area contributed by atoms with E-state index in [2.05, 4.69) is 10.1 Å². The summed E-state index contributed by atoms with van der Waals surface area (Å²) in [5.41, 5.74) is 2.65. The van der Waals surface area contributed by atoms with Gasteiger partial charge in [-0.1, -0.05) is 11.2 Å². The fourth-order valence-electron chi connectivity index (χ4n) is 2.97. The van der Waals surface area contributed by atoms with Gasteiger partial charge in [0.15, 0.2) is 0 Å². The largest absolute Gasteiger partial charge is 0.496 e. The van der Waals surface area contributed by atoms with Crippen LogP contribution < -0.4 is 4.74 Å². The fraction of sp³-hybridized carbons (Fsp3) is 0.444. The van der Waals surface area contributed by atoms with Gasteiger partial charge in [0, 0.05) is 44.4 Å². The molecule has 0 atom stereocenters. The molecular weight excluding hydrogens is 306 g/mol. The van der Waals surface area contributed by atoms with Crippen LogP contribution >= 0.6 is 0 Å². The Labute approximate surface area is 142 Å². The number of nitrogens with zero attached hydrogens (tertiary/aromatic N) is 3. The number of ether oxygens (including phenoxy) is 1. The quantitative estimate of drug-likeness (QED) is 0.861. The van der Waals surface area contributed by atoms with Gasteiger partial charge in [-0.05, 0) is 31.5 Å². The fourth-order valence-corrected chi connectivity index (χ4v) is 2.97. The van der Waals surface area contributed by atoms with Gasteiger partial charge < -0.3 is 14.2 Å². The topological polar surface area (TPSA) is 58.8 Å². The summed E-state index contributed by atoms with van der Waals surface area (Å²) in [7, 11) is 1.63. The Balaban J connectivity index is 1.58. The van der Waals surface area contributed by atoms with E-state index in [1.165, 1.54) is 0 Å². The van der Waals surface area contributed by atoms with Gasteiger partial charge in [0.1, 0.15) is 11.5 Å². The third kappa shape index (κ3) is 3.59. The van der Waals surface area contributed by atoms with Gasteiger partial charge in [0.05, 0.1) is 12.8 Å². The molecule has 1 aromatic heterocycles. The summed E-state index contributed by atoms with van der Waals surface area (Å²) >= 11 is 0. The van der Waals surface area contributed by atoms with Gasteiger partial charge >= 0.3 is 0 Å². The lowest BCUT2D eigenvalue weighted by Crippen LogP contribution is -2.48. The van der Waals surface area contributed by atoms with Crippen LogP contribution in [0.5, 0.6) is 5.75 Å². The monoisotopic (exact) mass is 329 g/mol. The lowest BCUT2D eigenvalue weighted by Gasteiger charge is -2.34. The van der Waals surface area contributed by atoms with E-state index in [-0.39, 0.29) is 5.91 Å². The number of hydrogen-bond acceptors (Lipinski definition) is 5. The van der Waals surface area contributed by atoms with E-state index in [1.807, 2.05) is 43.0 Å². The highest BCUT2D eigenvalue weighted by molar-refractivity contribution is 5.94. The molecule has 1 saturated heterocycles. The minimum Gasteiger partial charge on any atom is -0.496 e. The van der Waals surface area contributed by atoms with E-state index in [0.717, 1.165) is 42.4 Å². The highest BCUT2D eigenvalue weighted by Gasteiger charge is 2.23. The summed E-state index contributed by atoms with van der Waals surface area (Å²) in [6.07, 6.45) is 0. The third-order valence-electron chi connectivity index (χ3n) is 4.38. The number of rotatable bonds is 4. The summed E-state index contributed by atoms with van der Waals surface area (Å²) < 4.78 is 10.4. The molecule has 0 spiro atoms. The Morgan fingerprint density at radius 3 is 2.58 bits per heavy atom. The van der Waals surface area contributed by atoms with E-state index in [4.69, 9.17) is 9.26 Å². The van der Waals surface area contributed by atoms with Crippen LogP contribution in [0.4, 0.5) is 0 Å². The van der Waals surface area contributed by atoms with Crippen LogP contribution in [0.15, 0.2) is 28.8 Å². The molecule has 6 heteroatoms. The molecule has 24 heavy (non-hydrogen) atoms. The van der Waals surface area contributed by atoms with Crippen molar-refractivity contribution in [1.82, 2.24) is 15.0 Å². The second-order valence-electron chi connectivity index (χ2n) is 6.18. The molecule has 1 aromatic carbocycles. The van der Waals surface area contributed by atoms with Crippen molar-refractivity contribution in [1.29, 1.82) is 0 Å². The number of methoxy groups -OCH3 is 1. The number of carbonyl (C=O) groups excluding carboxylic acids is 1. The number of aromatic nitrogens is 1. The number of amides is 1. The number of hydrogen-bond donors (Lipinski definition) is 0. The van der Waals surface area contributed by atoms with Crippen LogP contribution in [-0.2, 0) is 6.54 Å². The van der Waals surface area contributed by atoms with Gasteiger partial charge in [0.25, 0.3) is 5.91 Å². The van der Waals surface area contributed by atoms with E-state index >= 15 is 0 Å².